The van der Waals surface area contributed by atoms with Crippen LogP contribution in [0.1, 0.15) is 31.7 Å². The summed E-state index contributed by atoms with van der Waals surface area (Å²) in [6.45, 7) is 7.39. The molecule has 0 saturated carbocycles. The third kappa shape index (κ3) is 6.74. The number of amides is 2. The van der Waals surface area contributed by atoms with Crippen molar-refractivity contribution in [2.45, 2.75) is 56.6 Å². The van der Waals surface area contributed by atoms with Gasteiger partial charge < -0.3 is 29.9 Å². The van der Waals surface area contributed by atoms with E-state index >= 15 is 4.39 Å². The molecular formula is C34H38FN9O4. The Hall–Kier alpha value is -4.87. The maximum absolute atomic E-state index is 15.3. The molecule has 4 saturated heterocycles. The van der Waals surface area contributed by atoms with Gasteiger partial charge in [-0.2, -0.15) is 10.2 Å². The summed E-state index contributed by atoms with van der Waals surface area (Å²) in [5.74, 6) is 0.526. The molecule has 0 spiro atoms. The fourth-order valence-corrected chi connectivity index (χ4v) is 6.71. The summed E-state index contributed by atoms with van der Waals surface area (Å²) in [6, 6.07) is 14.9. The van der Waals surface area contributed by atoms with Crippen LogP contribution in [-0.4, -0.2) is 113 Å². The minimum atomic E-state index is -1.46. The van der Waals surface area contributed by atoms with Gasteiger partial charge in [0.05, 0.1) is 31.4 Å². The normalized spacial score (nSPS) is 24.8. The number of ether oxygens (including phenoxy) is 2. The lowest BCUT2D eigenvalue weighted by Gasteiger charge is -2.43. The number of halogens is 1. The number of hydrogen-bond donors (Lipinski definition) is 2. The van der Waals surface area contributed by atoms with Crippen LogP contribution < -0.4 is 20.3 Å². The minimum absolute atomic E-state index is 0.145. The maximum Gasteiger partial charge on any atom is 0.245 e. The Kier molecular flexibility index (Phi) is 9.05. The molecule has 14 heteroatoms. The average Bonchev–Trinajstić information content (AvgIpc) is 3.52. The molecule has 3 aromatic rings. The Bertz CT molecular complexity index is 1690. The monoisotopic (exact) mass is 655 g/mol. The zero-order chi connectivity index (χ0) is 33.2. The molecule has 2 N–H and O–H groups in total. The molecule has 48 heavy (non-hydrogen) atoms. The molecule has 0 radical (unpaired) electrons. The Balaban J connectivity index is 0.969. The van der Waals surface area contributed by atoms with Gasteiger partial charge in [0.1, 0.15) is 30.3 Å². The number of aromatic nitrogens is 3. The van der Waals surface area contributed by atoms with Crippen LogP contribution in [-0.2, 0) is 14.3 Å². The van der Waals surface area contributed by atoms with Crippen LogP contribution >= 0.6 is 0 Å². The maximum atomic E-state index is 15.3. The molecule has 2 aromatic carbocycles. The number of likely N-dealkylation sites (tertiary alicyclic amines) is 1. The second-order valence-corrected chi connectivity index (χ2v) is 12.7. The van der Waals surface area contributed by atoms with Crippen molar-refractivity contribution in [3.63, 3.8) is 0 Å². The van der Waals surface area contributed by atoms with E-state index in [1.165, 1.54) is 16.9 Å². The van der Waals surface area contributed by atoms with Crippen LogP contribution in [0.5, 0.6) is 5.75 Å². The summed E-state index contributed by atoms with van der Waals surface area (Å²) < 4.78 is 26.7. The smallest absolute Gasteiger partial charge is 0.245 e. The quantitative estimate of drug-likeness (QED) is 0.369. The van der Waals surface area contributed by atoms with Crippen molar-refractivity contribution in [3.8, 4) is 23.2 Å². The number of benzene rings is 2. The molecule has 0 bridgehead atoms. The number of rotatable bonds is 8. The number of nitriles is 1. The largest absolute Gasteiger partial charge is 0.486 e. The van der Waals surface area contributed by atoms with Crippen molar-refractivity contribution < 1.29 is 23.5 Å². The zero-order valence-electron chi connectivity index (χ0n) is 26.7. The summed E-state index contributed by atoms with van der Waals surface area (Å²) in [7, 11) is 0. The predicted octanol–water partition coefficient (Wildman–Crippen LogP) is 2.66. The Labute approximate surface area is 278 Å². The van der Waals surface area contributed by atoms with Gasteiger partial charge in [-0.25, -0.2) is 14.4 Å². The lowest BCUT2D eigenvalue weighted by atomic mass is 9.97. The van der Waals surface area contributed by atoms with Gasteiger partial charge in [-0.1, -0.05) is 0 Å². The third-order valence-corrected chi connectivity index (χ3v) is 9.60. The highest BCUT2D eigenvalue weighted by Crippen LogP contribution is 2.31. The number of piperidine rings is 1. The number of carbonyl (C=O) groups is 2. The summed E-state index contributed by atoms with van der Waals surface area (Å²) in [5.41, 5.74) is 2.79. The van der Waals surface area contributed by atoms with E-state index in [0.29, 0.717) is 36.2 Å². The molecule has 4 aliphatic rings. The van der Waals surface area contributed by atoms with E-state index < -0.39 is 18.3 Å². The van der Waals surface area contributed by atoms with Crippen molar-refractivity contribution in [3.05, 3.63) is 54.4 Å². The predicted molar refractivity (Wildman–Crippen MR) is 174 cm³/mol. The lowest BCUT2D eigenvalue weighted by molar-refractivity contribution is -0.141. The number of carbonyl (C=O) groups excluding carboxylic acids is 2. The first kappa shape index (κ1) is 31.7. The summed E-state index contributed by atoms with van der Waals surface area (Å²) in [5, 5.41) is 15.8. The molecule has 4 aliphatic heterocycles. The van der Waals surface area contributed by atoms with E-state index in [-0.39, 0.29) is 42.1 Å². The molecule has 5 heterocycles. The highest BCUT2D eigenvalue weighted by Gasteiger charge is 2.41. The number of alkyl halides is 1. The summed E-state index contributed by atoms with van der Waals surface area (Å²) in [6.07, 6.45) is 0.0584. The minimum Gasteiger partial charge on any atom is -0.486 e. The molecule has 2 amide bonds. The molecular weight excluding hydrogens is 617 g/mol. The summed E-state index contributed by atoms with van der Waals surface area (Å²) in [4.78, 5) is 44.0. The van der Waals surface area contributed by atoms with E-state index in [9.17, 15) is 14.9 Å². The van der Waals surface area contributed by atoms with Crippen molar-refractivity contribution in [1.82, 2.24) is 30.1 Å². The first-order valence-corrected chi connectivity index (χ1v) is 16.4. The molecule has 4 atom stereocenters. The Morgan fingerprint density at radius 2 is 1.92 bits per heavy atom. The van der Waals surface area contributed by atoms with Gasteiger partial charge in [-0.3, -0.25) is 14.5 Å². The van der Waals surface area contributed by atoms with Crippen molar-refractivity contribution in [2.75, 3.05) is 56.2 Å². The van der Waals surface area contributed by atoms with Crippen LogP contribution in [0.4, 0.5) is 21.7 Å². The summed E-state index contributed by atoms with van der Waals surface area (Å²) >= 11 is 0. The van der Waals surface area contributed by atoms with Gasteiger partial charge in [0.15, 0.2) is 12.0 Å². The number of nitrogens with one attached hydrogen (secondary N) is 2. The van der Waals surface area contributed by atoms with E-state index in [4.69, 9.17) is 9.47 Å². The molecule has 7 rings (SSSR count). The van der Waals surface area contributed by atoms with Crippen LogP contribution in [0, 0.1) is 11.3 Å². The fraction of sp³-hybridized carbons (Fsp3) is 0.471. The first-order chi connectivity index (χ1) is 23.3. The second kappa shape index (κ2) is 13.7. The Morgan fingerprint density at radius 1 is 1.12 bits per heavy atom. The molecule has 0 aliphatic carbocycles. The molecule has 250 valence electrons. The van der Waals surface area contributed by atoms with Gasteiger partial charge in [-0.15, -0.1) is 0 Å². The first-order valence-electron chi connectivity index (χ1n) is 16.4. The van der Waals surface area contributed by atoms with Gasteiger partial charge in [0.2, 0.25) is 17.8 Å². The lowest BCUT2D eigenvalue weighted by Crippen LogP contribution is -2.57. The molecule has 4 fully saturated rings. The highest BCUT2D eigenvalue weighted by molar-refractivity contribution is 5.91. The standard InChI is InChI=1S/C34H38FN9O4/c1-21-14-30(27(35)17-44(21)33(46)28-7-9-31(45)40-28)48-29-8-2-22(15-23(29)16-36)32-37-20-38-34(41-32)39-24-3-5-25(6-4-24)42-10-12-43(13-11-42)26-18-47-19-26/h2-6,8,15,20-21,26-28,30H,7,9-14,17-19H2,1H3,(H,40,45)(H,37,38,39,41)/t21-,27-,28+,30-/m0/s1. The average molecular weight is 656 g/mol. The van der Waals surface area contributed by atoms with Gasteiger partial charge in [-0.05, 0) is 55.8 Å². The van der Waals surface area contributed by atoms with Gasteiger partial charge in [0, 0.05) is 62.0 Å². The van der Waals surface area contributed by atoms with Crippen molar-refractivity contribution in [1.29, 1.82) is 5.26 Å². The molecule has 1 aromatic heterocycles. The van der Waals surface area contributed by atoms with Gasteiger partial charge in [0.25, 0.3) is 0 Å². The number of hydrogen-bond acceptors (Lipinski definition) is 11. The second-order valence-electron chi connectivity index (χ2n) is 12.7. The Morgan fingerprint density at radius 3 is 2.60 bits per heavy atom. The third-order valence-electron chi connectivity index (χ3n) is 9.60. The van der Waals surface area contributed by atoms with Crippen LogP contribution in [0.2, 0.25) is 0 Å². The molecule has 13 nitrogen and oxygen atoms in total. The van der Waals surface area contributed by atoms with Crippen LogP contribution in [0.3, 0.4) is 0 Å². The number of piperazine rings is 1. The number of anilines is 3. The van der Waals surface area contributed by atoms with Crippen LogP contribution in [0.15, 0.2) is 48.8 Å². The topological polar surface area (TPSA) is 149 Å². The van der Waals surface area contributed by atoms with E-state index in [2.05, 4.69) is 53.6 Å². The van der Waals surface area contributed by atoms with Crippen LogP contribution in [0.25, 0.3) is 11.4 Å². The SMILES string of the molecule is C[C@H]1C[C@H](Oc2ccc(-c3ncnc(Nc4ccc(N5CCN(C6COC6)CC5)cc4)n3)cc2C#N)[C@@H](F)CN1C(=O)[C@H]1CCC(=O)N1. The molecule has 0 unspecified atom stereocenters. The van der Waals surface area contributed by atoms with Gasteiger partial charge >= 0.3 is 0 Å². The highest BCUT2D eigenvalue weighted by atomic mass is 19.1. The van der Waals surface area contributed by atoms with Crippen molar-refractivity contribution in [2.24, 2.45) is 0 Å². The van der Waals surface area contributed by atoms with E-state index in [1.807, 2.05) is 19.1 Å². The van der Waals surface area contributed by atoms with E-state index in [0.717, 1.165) is 45.1 Å². The van der Waals surface area contributed by atoms with E-state index in [1.54, 1.807) is 18.2 Å². The fourth-order valence-electron chi connectivity index (χ4n) is 6.71. The zero-order valence-corrected chi connectivity index (χ0v) is 26.7. The number of nitrogens with zero attached hydrogens (tertiary/aromatic N) is 7. The van der Waals surface area contributed by atoms with Crippen molar-refractivity contribution >= 4 is 29.1 Å².